The molecule has 0 radical (unpaired) electrons. The fraction of sp³-hybridized carbons (Fsp3) is 0.182. The second-order valence-corrected chi connectivity index (χ2v) is 9.12. The lowest BCUT2D eigenvalue weighted by Crippen LogP contribution is -2.13. The van der Waals surface area contributed by atoms with Gasteiger partial charge < -0.3 is 0 Å². The summed E-state index contributed by atoms with van der Waals surface area (Å²) in [5.74, 6) is 0.703. The predicted octanol–water partition coefficient (Wildman–Crippen LogP) is 5.73. The van der Waals surface area contributed by atoms with Gasteiger partial charge in [-0.25, -0.2) is 4.98 Å². The molecule has 7 heteroatoms. The minimum Gasteiger partial charge on any atom is -0.296 e. The van der Waals surface area contributed by atoms with Crippen LogP contribution in [0, 0.1) is 13.8 Å². The molecule has 5 nitrogen and oxygen atoms in total. The van der Waals surface area contributed by atoms with E-state index in [-0.39, 0.29) is 5.91 Å². The highest BCUT2D eigenvalue weighted by molar-refractivity contribution is 8.01. The van der Waals surface area contributed by atoms with E-state index in [1.165, 1.54) is 22.5 Å². The number of anilines is 1. The standard InChI is InChI=1S/C22H20N4OS2/c1-4-28-22-26-25-21(29-22)24-20(27)17-12-19(15-10-9-13(2)14(3)11-15)23-18-8-6-5-7-16(17)18/h5-12H,4H2,1-3H3,(H,24,25,27). The van der Waals surface area contributed by atoms with Gasteiger partial charge in [-0.05, 0) is 48.9 Å². The van der Waals surface area contributed by atoms with Crippen LogP contribution in [-0.2, 0) is 0 Å². The number of thioether (sulfide) groups is 1. The van der Waals surface area contributed by atoms with Gasteiger partial charge in [-0.3, -0.25) is 10.1 Å². The topological polar surface area (TPSA) is 67.8 Å². The summed E-state index contributed by atoms with van der Waals surface area (Å²) < 4.78 is 0.846. The van der Waals surface area contributed by atoms with Crippen molar-refractivity contribution in [1.82, 2.24) is 15.2 Å². The van der Waals surface area contributed by atoms with Crippen molar-refractivity contribution < 1.29 is 4.79 Å². The van der Waals surface area contributed by atoms with E-state index in [9.17, 15) is 4.79 Å². The van der Waals surface area contributed by atoms with Crippen molar-refractivity contribution in [2.45, 2.75) is 25.1 Å². The molecule has 1 amide bonds. The maximum absolute atomic E-state index is 13.1. The third kappa shape index (κ3) is 4.16. The Labute approximate surface area is 177 Å². The Morgan fingerprint density at radius 3 is 2.69 bits per heavy atom. The summed E-state index contributed by atoms with van der Waals surface area (Å²) in [6, 6.07) is 15.8. The zero-order valence-electron chi connectivity index (χ0n) is 16.4. The van der Waals surface area contributed by atoms with Crippen LogP contribution in [0.1, 0.15) is 28.4 Å². The van der Waals surface area contributed by atoms with E-state index in [2.05, 4.69) is 48.4 Å². The lowest BCUT2D eigenvalue weighted by Gasteiger charge is -2.10. The van der Waals surface area contributed by atoms with Crippen molar-refractivity contribution in [2.24, 2.45) is 0 Å². The normalized spacial score (nSPS) is 11.0. The Hall–Kier alpha value is -2.77. The van der Waals surface area contributed by atoms with Crippen LogP contribution in [-0.4, -0.2) is 26.8 Å². The van der Waals surface area contributed by atoms with E-state index in [4.69, 9.17) is 4.98 Å². The summed E-state index contributed by atoms with van der Waals surface area (Å²) in [7, 11) is 0. The van der Waals surface area contributed by atoms with Crippen LogP contribution in [0.4, 0.5) is 5.13 Å². The van der Waals surface area contributed by atoms with Crippen molar-refractivity contribution >= 4 is 45.0 Å². The number of fused-ring (bicyclic) bond motifs is 1. The van der Waals surface area contributed by atoms with E-state index in [0.717, 1.165) is 32.3 Å². The Morgan fingerprint density at radius 1 is 1.07 bits per heavy atom. The number of nitrogens with zero attached hydrogens (tertiary/aromatic N) is 3. The van der Waals surface area contributed by atoms with Crippen LogP contribution in [0.15, 0.2) is 52.9 Å². The monoisotopic (exact) mass is 420 g/mol. The first kappa shape index (κ1) is 19.5. The van der Waals surface area contributed by atoms with Gasteiger partial charge in [0, 0.05) is 10.9 Å². The van der Waals surface area contributed by atoms with Crippen molar-refractivity contribution in [3.63, 3.8) is 0 Å². The van der Waals surface area contributed by atoms with E-state index in [1.54, 1.807) is 11.8 Å². The van der Waals surface area contributed by atoms with Gasteiger partial charge >= 0.3 is 0 Å². The van der Waals surface area contributed by atoms with Gasteiger partial charge in [-0.15, -0.1) is 10.2 Å². The fourth-order valence-electron chi connectivity index (χ4n) is 3.02. The predicted molar refractivity (Wildman–Crippen MR) is 121 cm³/mol. The molecule has 2 aromatic heterocycles. The van der Waals surface area contributed by atoms with Gasteiger partial charge in [0.2, 0.25) is 5.13 Å². The van der Waals surface area contributed by atoms with E-state index in [1.807, 2.05) is 36.4 Å². The zero-order chi connectivity index (χ0) is 20.4. The van der Waals surface area contributed by atoms with Crippen LogP contribution in [0.2, 0.25) is 0 Å². The summed E-state index contributed by atoms with van der Waals surface area (Å²) in [6.45, 7) is 6.22. The summed E-state index contributed by atoms with van der Waals surface area (Å²) in [6.07, 6.45) is 0. The molecule has 0 spiro atoms. The molecule has 0 atom stereocenters. The lowest BCUT2D eigenvalue weighted by atomic mass is 10.0. The van der Waals surface area contributed by atoms with Crippen LogP contribution < -0.4 is 5.32 Å². The lowest BCUT2D eigenvalue weighted by molar-refractivity contribution is 0.102. The number of rotatable bonds is 5. The molecular formula is C22H20N4OS2. The molecule has 0 aliphatic rings. The molecule has 0 unspecified atom stereocenters. The first-order valence-corrected chi connectivity index (χ1v) is 11.1. The van der Waals surface area contributed by atoms with Gasteiger partial charge in [-0.1, -0.05) is 60.4 Å². The molecule has 0 fully saturated rings. The number of amides is 1. The number of hydrogen-bond acceptors (Lipinski definition) is 6. The summed E-state index contributed by atoms with van der Waals surface area (Å²) >= 11 is 2.99. The Morgan fingerprint density at radius 2 is 1.90 bits per heavy atom. The smallest absolute Gasteiger partial charge is 0.258 e. The highest BCUT2D eigenvalue weighted by atomic mass is 32.2. The Kier molecular flexibility index (Phi) is 5.60. The largest absolute Gasteiger partial charge is 0.296 e. The molecule has 0 aliphatic heterocycles. The first-order chi connectivity index (χ1) is 14.0. The van der Waals surface area contributed by atoms with Crippen LogP contribution in [0.3, 0.4) is 0 Å². The number of benzene rings is 2. The van der Waals surface area contributed by atoms with E-state index in [0.29, 0.717) is 10.7 Å². The molecule has 0 saturated carbocycles. The Bertz CT molecular complexity index is 1200. The third-order valence-electron chi connectivity index (χ3n) is 4.66. The number of para-hydroxylation sites is 1. The highest BCUT2D eigenvalue weighted by Gasteiger charge is 2.16. The number of carbonyl (C=O) groups excluding carboxylic acids is 1. The molecule has 2 heterocycles. The maximum Gasteiger partial charge on any atom is 0.258 e. The molecule has 146 valence electrons. The van der Waals surface area contributed by atoms with Crippen LogP contribution in [0.25, 0.3) is 22.2 Å². The molecule has 2 aromatic carbocycles. The molecule has 0 saturated heterocycles. The third-order valence-corrected chi connectivity index (χ3v) is 6.51. The Balaban J connectivity index is 1.75. The average molecular weight is 421 g/mol. The number of nitrogens with one attached hydrogen (secondary N) is 1. The molecule has 1 N–H and O–H groups in total. The maximum atomic E-state index is 13.1. The van der Waals surface area contributed by atoms with Crippen molar-refractivity contribution in [1.29, 1.82) is 0 Å². The summed E-state index contributed by atoms with van der Waals surface area (Å²) in [5, 5.41) is 12.4. The van der Waals surface area contributed by atoms with E-state index >= 15 is 0 Å². The first-order valence-electron chi connectivity index (χ1n) is 9.30. The number of aromatic nitrogens is 3. The second-order valence-electron chi connectivity index (χ2n) is 6.63. The van der Waals surface area contributed by atoms with Gasteiger partial charge in [0.25, 0.3) is 5.91 Å². The molecule has 4 aromatic rings. The quantitative estimate of drug-likeness (QED) is 0.330. The minimum absolute atomic E-state index is 0.210. The van der Waals surface area contributed by atoms with Gasteiger partial charge in [0.05, 0.1) is 16.8 Å². The SMILES string of the molecule is CCSc1nnc(NC(=O)c2cc(-c3ccc(C)c(C)c3)nc3ccccc23)s1. The number of carbonyl (C=O) groups is 1. The van der Waals surface area contributed by atoms with Gasteiger partial charge in [0.15, 0.2) is 4.34 Å². The number of hydrogen-bond donors (Lipinski definition) is 1. The molecule has 29 heavy (non-hydrogen) atoms. The van der Waals surface area contributed by atoms with Crippen LogP contribution >= 0.6 is 23.1 Å². The minimum atomic E-state index is -0.210. The molecule has 0 bridgehead atoms. The zero-order valence-corrected chi connectivity index (χ0v) is 18.0. The number of aryl methyl sites for hydroxylation is 2. The van der Waals surface area contributed by atoms with Crippen LogP contribution in [0.5, 0.6) is 0 Å². The molecular weight excluding hydrogens is 400 g/mol. The molecule has 0 aliphatic carbocycles. The average Bonchev–Trinajstić information content (AvgIpc) is 3.16. The summed E-state index contributed by atoms with van der Waals surface area (Å²) in [5.41, 5.74) is 5.54. The second kappa shape index (κ2) is 8.31. The fourth-order valence-corrected chi connectivity index (χ4v) is 4.66. The van der Waals surface area contributed by atoms with Gasteiger partial charge in [-0.2, -0.15) is 0 Å². The van der Waals surface area contributed by atoms with Gasteiger partial charge in [0.1, 0.15) is 0 Å². The number of pyridine rings is 1. The van der Waals surface area contributed by atoms with E-state index < -0.39 is 0 Å². The van der Waals surface area contributed by atoms with Crippen molar-refractivity contribution in [3.8, 4) is 11.3 Å². The highest BCUT2D eigenvalue weighted by Crippen LogP contribution is 2.29. The summed E-state index contributed by atoms with van der Waals surface area (Å²) in [4.78, 5) is 17.9. The van der Waals surface area contributed by atoms with Crippen molar-refractivity contribution in [2.75, 3.05) is 11.1 Å². The van der Waals surface area contributed by atoms with Crippen molar-refractivity contribution in [3.05, 3.63) is 65.2 Å². The molecule has 4 rings (SSSR count).